The Morgan fingerprint density at radius 3 is 2.32 bits per heavy atom. The van der Waals surface area contributed by atoms with E-state index in [1.807, 2.05) is 11.9 Å². The number of rotatable bonds is 9. The van der Waals surface area contributed by atoms with Gasteiger partial charge in [-0.05, 0) is 56.3 Å². The standard InChI is InChI=1S/C27H36ClN3O6S/c1-29-13-15-30(16-14-29)26(32)18-27(20-37-22-7-5-21(28)6-8-22)11-4-12-31(19-27)38(33,34)25-17-23(35-2)9-10-24(25)36-3/h5-10,17H,4,11-16,18-20H2,1-3H3/t27-/m0/s1. The lowest BCUT2D eigenvalue weighted by Crippen LogP contribution is -2.53. The van der Waals surface area contributed by atoms with E-state index in [-0.39, 0.29) is 36.1 Å². The van der Waals surface area contributed by atoms with Gasteiger partial charge < -0.3 is 24.0 Å². The third kappa shape index (κ3) is 6.54. The van der Waals surface area contributed by atoms with Crippen molar-refractivity contribution in [3.05, 3.63) is 47.5 Å². The van der Waals surface area contributed by atoms with E-state index < -0.39 is 15.4 Å². The first-order valence-electron chi connectivity index (χ1n) is 12.7. The predicted octanol–water partition coefficient (Wildman–Crippen LogP) is 3.37. The monoisotopic (exact) mass is 565 g/mol. The molecule has 9 nitrogen and oxygen atoms in total. The first kappa shape index (κ1) is 28.5. The summed E-state index contributed by atoms with van der Waals surface area (Å²) in [7, 11) is 1.03. The summed E-state index contributed by atoms with van der Waals surface area (Å²) in [5.74, 6) is 1.31. The number of carbonyl (C=O) groups is 1. The highest BCUT2D eigenvalue weighted by Crippen LogP contribution is 2.39. The molecule has 208 valence electrons. The molecule has 0 saturated carbocycles. The van der Waals surface area contributed by atoms with Gasteiger partial charge in [0.25, 0.3) is 0 Å². The van der Waals surface area contributed by atoms with Crippen LogP contribution >= 0.6 is 11.6 Å². The zero-order chi connectivity index (χ0) is 27.3. The summed E-state index contributed by atoms with van der Waals surface area (Å²) in [6, 6.07) is 11.8. The molecule has 38 heavy (non-hydrogen) atoms. The van der Waals surface area contributed by atoms with E-state index in [0.29, 0.717) is 49.0 Å². The zero-order valence-corrected chi connectivity index (χ0v) is 23.8. The number of piperazine rings is 1. The van der Waals surface area contributed by atoms with Gasteiger partial charge in [-0.15, -0.1) is 0 Å². The molecular formula is C27H36ClN3O6S. The second kappa shape index (κ2) is 12.1. The molecular weight excluding hydrogens is 530 g/mol. The lowest BCUT2D eigenvalue weighted by atomic mass is 9.78. The third-order valence-electron chi connectivity index (χ3n) is 7.36. The Morgan fingerprint density at radius 1 is 0.974 bits per heavy atom. The average Bonchev–Trinajstić information content (AvgIpc) is 2.93. The highest BCUT2D eigenvalue weighted by molar-refractivity contribution is 7.89. The van der Waals surface area contributed by atoms with Gasteiger partial charge in [0.1, 0.15) is 22.1 Å². The lowest BCUT2D eigenvalue weighted by molar-refractivity contribution is -0.136. The SMILES string of the molecule is COc1ccc(OC)c(S(=O)(=O)N2CCC[C@](COc3ccc(Cl)cc3)(CC(=O)N3CCN(C)CC3)C2)c1. The van der Waals surface area contributed by atoms with E-state index in [4.69, 9.17) is 25.8 Å². The van der Waals surface area contributed by atoms with Crippen molar-refractivity contribution in [1.29, 1.82) is 0 Å². The number of hydrogen-bond donors (Lipinski definition) is 0. The first-order chi connectivity index (χ1) is 18.2. The molecule has 2 aromatic carbocycles. The number of methoxy groups -OCH3 is 2. The molecule has 2 fully saturated rings. The molecule has 0 unspecified atom stereocenters. The Bertz CT molecular complexity index is 1220. The molecule has 0 N–H and O–H groups in total. The van der Waals surface area contributed by atoms with E-state index in [9.17, 15) is 13.2 Å². The molecule has 2 saturated heterocycles. The van der Waals surface area contributed by atoms with Gasteiger partial charge in [0, 0.05) is 62.2 Å². The largest absolute Gasteiger partial charge is 0.497 e. The number of amides is 1. The molecule has 0 aliphatic carbocycles. The van der Waals surface area contributed by atoms with Crippen molar-refractivity contribution >= 4 is 27.5 Å². The van der Waals surface area contributed by atoms with Gasteiger partial charge in [0.2, 0.25) is 15.9 Å². The number of carbonyl (C=O) groups excluding carboxylic acids is 1. The van der Waals surface area contributed by atoms with Crippen molar-refractivity contribution < 1.29 is 27.4 Å². The van der Waals surface area contributed by atoms with Gasteiger partial charge in [-0.1, -0.05) is 11.6 Å². The van der Waals surface area contributed by atoms with Crippen LogP contribution in [0.1, 0.15) is 19.3 Å². The van der Waals surface area contributed by atoms with Gasteiger partial charge in [0.15, 0.2) is 0 Å². The maximum Gasteiger partial charge on any atom is 0.246 e. The molecule has 2 heterocycles. The number of ether oxygens (including phenoxy) is 3. The minimum atomic E-state index is -3.94. The Balaban J connectivity index is 1.61. The summed E-state index contributed by atoms with van der Waals surface area (Å²) in [6.07, 6.45) is 1.47. The number of likely N-dealkylation sites (N-methyl/N-ethyl adjacent to an activating group) is 1. The molecule has 1 atom stereocenters. The van der Waals surface area contributed by atoms with E-state index in [1.165, 1.54) is 24.6 Å². The Morgan fingerprint density at radius 2 is 1.66 bits per heavy atom. The number of sulfonamides is 1. The van der Waals surface area contributed by atoms with Crippen LogP contribution in [0.15, 0.2) is 47.4 Å². The van der Waals surface area contributed by atoms with Crippen LogP contribution in [0.3, 0.4) is 0 Å². The van der Waals surface area contributed by atoms with Crippen molar-refractivity contribution in [2.24, 2.45) is 5.41 Å². The summed E-state index contributed by atoms with van der Waals surface area (Å²) in [6.45, 7) is 3.65. The number of benzene rings is 2. The second-order valence-electron chi connectivity index (χ2n) is 10.1. The van der Waals surface area contributed by atoms with Crippen molar-refractivity contribution in [1.82, 2.24) is 14.1 Å². The fraction of sp³-hybridized carbons (Fsp3) is 0.519. The van der Waals surface area contributed by atoms with Crippen molar-refractivity contribution in [2.45, 2.75) is 24.2 Å². The number of halogens is 1. The van der Waals surface area contributed by atoms with Crippen LogP contribution in [0.5, 0.6) is 17.2 Å². The molecule has 0 spiro atoms. The summed E-state index contributed by atoms with van der Waals surface area (Å²) < 4.78 is 46.1. The summed E-state index contributed by atoms with van der Waals surface area (Å²) in [4.78, 5) is 17.6. The first-order valence-corrected chi connectivity index (χ1v) is 14.5. The van der Waals surface area contributed by atoms with Gasteiger partial charge in [0.05, 0.1) is 20.8 Å². The van der Waals surface area contributed by atoms with E-state index >= 15 is 0 Å². The maximum absolute atomic E-state index is 13.9. The maximum atomic E-state index is 13.9. The Hall–Kier alpha value is -2.53. The molecule has 2 aliphatic heterocycles. The highest BCUT2D eigenvalue weighted by atomic mass is 35.5. The van der Waals surface area contributed by atoms with Crippen molar-refractivity contribution in [3.8, 4) is 17.2 Å². The second-order valence-corrected chi connectivity index (χ2v) is 12.4. The number of piperidine rings is 1. The molecule has 0 aromatic heterocycles. The molecule has 2 aromatic rings. The minimum absolute atomic E-state index is 0.0241. The van der Waals surface area contributed by atoms with Crippen molar-refractivity contribution in [3.63, 3.8) is 0 Å². The summed E-state index contributed by atoms with van der Waals surface area (Å²) in [5.41, 5.74) is -0.697. The Labute approximate surface area is 230 Å². The minimum Gasteiger partial charge on any atom is -0.497 e. The number of hydrogen-bond acceptors (Lipinski definition) is 7. The van der Waals surface area contributed by atoms with Gasteiger partial charge in [-0.2, -0.15) is 4.31 Å². The molecule has 4 rings (SSSR count). The zero-order valence-electron chi connectivity index (χ0n) is 22.2. The molecule has 11 heteroatoms. The normalized spacial score (nSPS) is 21.2. The van der Waals surface area contributed by atoms with Crippen LogP contribution in [-0.4, -0.2) is 95.6 Å². The van der Waals surface area contributed by atoms with E-state index in [1.54, 1.807) is 36.4 Å². The smallest absolute Gasteiger partial charge is 0.246 e. The summed E-state index contributed by atoms with van der Waals surface area (Å²) >= 11 is 6.03. The summed E-state index contributed by atoms with van der Waals surface area (Å²) in [5, 5.41) is 0.597. The predicted molar refractivity (Wildman–Crippen MR) is 146 cm³/mol. The van der Waals surface area contributed by atoms with Crippen LogP contribution in [0.2, 0.25) is 5.02 Å². The van der Waals surface area contributed by atoms with Gasteiger partial charge in [-0.3, -0.25) is 4.79 Å². The van der Waals surface area contributed by atoms with Gasteiger partial charge >= 0.3 is 0 Å². The van der Waals surface area contributed by atoms with Crippen LogP contribution < -0.4 is 14.2 Å². The molecule has 0 radical (unpaired) electrons. The van der Waals surface area contributed by atoms with Crippen LogP contribution in [-0.2, 0) is 14.8 Å². The van der Waals surface area contributed by atoms with Crippen LogP contribution in [0.4, 0.5) is 0 Å². The van der Waals surface area contributed by atoms with Crippen LogP contribution in [0.25, 0.3) is 0 Å². The fourth-order valence-corrected chi connectivity index (χ4v) is 6.95. The molecule has 2 aliphatic rings. The third-order valence-corrected chi connectivity index (χ3v) is 9.47. The lowest BCUT2D eigenvalue weighted by Gasteiger charge is -2.43. The topological polar surface area (TPSA) is 88.6 Å². The Kier molecular flexibility index (Phi) is 9.07. The van der Waals surface area contributed by atoms with Crippen LogP contribution in [0, 0.1) is 5.41 Å². The fourth-order valence-electron chi connectivity index (χ4n) is 5.06. The van der Waals surface area contributed by atoms with Crippen molar-refractivity contribution in [2.75, 3.05) is 67.1 Å². The molecule has 0 bridgehead atoms. The molecule has 1 amide bonds. The quantitative estimate of drug-likeness (QED) is 0.460. The van der Waals surface area contributed by atoms with Gasteiger partial charge in [-0.25, -0.2) is 8.42 Å². The highest BCUT2D eigenvalue weighted by Gasteiger charge is 2.44. The number of nitrogens with zero attached hydrogens (tertiary/aromatic N) is 3. The van der Waals surface area contributed by atoms with E-state index in [0.717, 1.165) is 13.1 Å². The van der Waals surface area contributed by atoms with E-state index in [2.05, 4.69) is 4.90 Å². The average molecular weight is 566 g/mol.